The standard InChI is InChI=1S/C19H19N3O3/c1-12(23)10-21-19(24)15-7-5-14(6-8-15)17-13(2)25-22-18(17)16-4-3-9-20-11-16/h3-9,11-12,23H,10H2,1-2H3,(H,21,24)/t12-/m0/s1. The van der Waals surface area contributed by atoms with Crippen molar-refractivity contribution in [1.82, 2.24) is 15.5 Å². The number of aromatic nitrogens is 2. The molecule has 0 fully saturated rings. The van der Waals surface area contributed by atoms with E-state index in [1.54, 1.807) is 31.5 Å². The van der Waals surface area contributed by atoms with E-state index in [9.17, 15) is 9.90 Å². The van der Waals surface area contributed by atoms with Crippen molar-refractivity contribution < 1.29 is 14.4 Å². The lowest BCUT2D eigenvalue weighted by molar-refractivity contribution is 0.0924. The smallest absolute Gasteiger partial charge is 0.251 e. The van der Waals surface area contributed by atoms with Crippen LogP contribution in [0, 0.1) is 6.92 Å². The number of benzene rings is 1. The Morgan fingerprint density at radius 2 is 2.00 bits per heavy atom. The maximum Gasteiger partial charge on any atom is 0.251 e. The number of rotatable bonds is 5. The number of aryl methyl sites for hydroxylation is 1. The first-order valence-electron chi connectivity index (χ1n) is 7.99. The van der Waals surface area contributed by atoms with Crippen LogP contribution in [-0.2, 0) is 0 Å². The number of hydrogen-bond donors (Lipinski definition) is 2. The number of aliphatic hydroxyl groups is 1. The van der Waals surface area contributed by atoms with Gasteiger partial charge in [-0.3, -0.25) is 9.78 Å². The van der Waals surface area contributed by atoms with E-state index in [-0.39, 0.29) is 12.5 Å². The van der Waals surface area contributed by atoms with Crippen LogP contribution in [0.1, 0.15) is 23.0 Å². The highest BCUT2D eigenvalue weighted by Crippen LogP contribution is 2.33. The Morgan fingerprint density at radius 1 is 1.24 bits per heavy atom. The summed E-state index contributed by atoms with van der Waals surface area (Å²) in [4.78, 5) is 16.2. The molecule has 0 aliphatic carbocycles. The summed E-state index contributed by atoms with van der Waals surface area (Å²) in [6.45, 7) is 3.69. The molecular formula is C19H19N3O3. The molecule has 1 aromatic carbocycles. The highest BCUT2D eigenvalue weighted by atomic mass is 16.5. The van der Waals surface area contributed by atoms with Gasteiger partial charge in [-0.25, -0.2) is 0 Å². The summed E-state index contributed by atoms with van der Waals surface area (Å²) >= 11 is 0. The van der Waals surface area contributed by atoms with Crippen molar-refractivity contribution in [3.8, 4) is 22.4 Å². The average Bonchev–Trinajstić information content (AvgIpc) is 3.02. The molecule has 2 heterocycles. The third kappa shape index (κ3) is 3.75. The van der Waals surface area contributed by atoms with Crippen LogP contribution in [0.4, 0.5) is 0 Å². The van der Waals surface area contributed by atoms with Gasteiger partial charge < -0.3 is 14.9 Å². The fourth-order valence-corrected chi connectivity index (χ4v) is 2.54. The molecule has 6 heteroatoms. The molecule has 0 bridgehead atoms. The van der Waals surface area contributed by atoms with E-state index in [4.69, 9.17) is 4.52 Å². The van der Waals surface area contributed by atoms with Crippen LogP contribution in [0.3, 0.4) is 0 Å². The summed E-state index contributed by atoms with van der Waals surface area (Å²) in [7, 11) is 0. The number of hydrogen-bond acceptors (Lipinski definition) is 5. The summed E-state index contributed by atoms with van der Waals surface area (Å²) in [5.41, 5.74) is 3.90. The van der Waals surface area contributed by atoms with Gasteiger partial charge in [-0.2, -0.15) is 0 Å². The van der Waals surface area contributed by atoms with Gasteiger partial charge >= 0.3 is 0 Å². The van der Waals surface area contributed by atoms with E-state index in [0.29, 0.717) is 11.3 Å². The number of nitrogens with zero attached hydrogens (tertiary/aromatic N) is 2. The van der Waals surface area contributed by atoms with Gasteiger partial charge in [0.2, 0.25) is 0 Å². The molecule has 1 atom stereocenters. The van der Waals surface area contributed by atoms with Crippen molar-refractivity contribution in [1.29, 1.82) is 0 Å². The lowest BCUT2D eigenvalue weighted by atomic mass is 9.99. The quantitative estimate of drug-likeness (QED) is 0.747. The summed E-state index contributed by atoms with van der Waals surface area (Å²) in [6.07, 6.45) is 2.86. The zero-order chi connectivity index (χ0) is 17.8. The fourth-order valence-electron chi connectivity index (χ4n) is 2.54. The van der Waals surface area contributed by atoms with E-state index < -0.39 is 6.10 Å². The van der Waals surface area contributed by atoms with E-state index >= 15 is 0 Å². The van der Waals surface area contributed by atoms with Crippen LogP contribution < -0.4 is 5.32 Å². The van der Waals surface area contributed by atoms with Crippen molar-refractivity contribution in [3.63, 3.8) is 0 Å². The second-order valence-corrected chi connectivity index (χ2v) is 5.84. The van der Waals surface area contributed by atoms with Crippen LogP contribution in [0.25, 0.3) is 22.4 Å². The predicted octanol–water partition coefficient (Wildman–Crippen LogP) is 2.82. The molecular weight excluding hydrogens is 318 g/mol. The molecule has 128 valence electrons. The number of aliphatic hydroxyl groups excluding tert-OH is 1. The molecule has 0 aliphatic heterocycles. The molecule has 0 aliphatic rings. The third-order valence-electron chi connectivity index (χ3n) is 3.79. The summed E-state index contributed by atoms with van der Waals surface area (Å²) in [5, 5.41) is 16.1. The van der Waals surface area contributed by atoms with Crippen LogP contribution in [0.5, 0.6) is 0 Å². The van der Waals surface area contributed by atoms with Crippen molar-refractivity contribution in [2.24, 2.45) is 0 Å². The normalized spacial score (nSPS) is 12.0. The summed E-state index contributed by atoms with van der Waals surface area (Å²) < 4.78 is 5.36. The summed E-state index contributed by atoms with van der Waals surface area (Å²) in [5.74, 6) is 0.479. The van der Waals surface area contributed by atoms with Gasteiger partial charge in [0.15, 0.2) is 0 Å². The van der Waals surface area contributed by atoms with Gasteiger partial charge in [-0.1, -0.05) is 17.3 Å². The minimum Gasteiger partial charge on any atom is -0.392 e. The molecule has 25 heavy (non-hydrogen) atoms. The largest absolute Gasteiger partial charge is 0.392 e. The van der Waals surface area contributed by atoms with Crippen LogP contribution >= 0.6 is 0 Å². The van der Waals surface area contributed by atoms with E-state index in [2.05, 4.69) is 15.5 Å². The van der Waals surface area contributed by atoms with Crippen molar-refractivity contribution in [2.75, 3.05) is 6.54 Å². The number of nitrogens with one attached hydrogen (secondary N) is 1. The number of carbonyl (C=O) groups is 1. The molecule has 0 saturated heterocycles. The Bertz CT molecular complexity index is 855. The molecule has 2 aromatic heterocycles. The molecule has 2 N–H and O–H groups in total. The fraction of sp³-hybridized carbons (Fsp3) is 0.211. The van der Waals surface area contributed by atoms with Gasteiger partial charge in [0.1, 0.15) is 11.5 Å². The molecule has 3 aromatic rings. The van der Waals surface area contributed by atoms with Gasteiger partial charge in [-0.05, 0) is 43.7 Å². The van der Waals surface area contributed by atoms with Crippen molar-refractivity contribution in [3.05, 3.63) is 60.1 Å². The van der Waals surface area contributed by atoms with Crippen molar-refractivity contribution in [2.45, 2.75) is 20.0 Å². The van der Waals surface area contributed by atoms with Crippen molar-refractivity contribution >= 4 is 5.91 Å². The first-order valence-corrected chi connectivity index (χ1v) is 7.99. The zero-order valence-corrected chi connectivity index (χ0v) is 14.1. The van der Waals surface area contributed by atoms with Crippen LogP contribution in [0.15, 0.2) is 53.3 Å². The predicted molar refractivity (Wildman–Crippen MR) is 93.9 cm³/mol. The van der Waals surface area contributed by atoms with Gasteiger partial charge in [0.25, 0.3) is 5.91 Å². The van der Waals surface area contributed by atoms with E-state index in [1.165, 1.54) is 0 Å². The Morgan fingerprint density at radius 3 is 2.64 bits per heavy atom. The Kier molecular flexibility index (Phi) is 4.90. The topological polar surface area (TPSA) is 88.2 Å². The minimum atomic E-state index is -0.579. The monoisotopic (exact) mass is 337 g/mol. The molecule has 0 radical (unpaired) electrons. The maximum absolute atomic E-state index is 12.0. The SMILES string of the molecule is Cc1onc(-c2cccnc2)c1-c1ccc(C(=O)NC[C@H](C)O)cc1. The molecule has 0 saturated carbocycles. The van der Waals surface area contributed by atoms with Gasteiger partial charge in [0, 0.05) is 30.1 Å². The van der Waals surface area contributed by atoms with Gasteiger partial charge in [0.05, 0.1) is 11.7 Å². The molecule has 0 spiro atoms. The number of amides is 1. The Labute approximate surface area is 145 Å². The lowest BCUT2D eigenvalue weighted by Crippen LogP contribution is -2.30. The first-order chi connectivity index (χ1) is 12.1. The molecule has 0 unspecified atom stereocenters. The Hall–Kier alpha value is -2.99. The second-order valence-electron chi connectivity index (χ2n) is 5.84. The summed E-state index contributed by atoms with van der Waals surface area (Å²) in [6, 6.07) is 11.0. The first kappa shape index (κ1) is 16.9. The Balaban J connectivity index is 1.89. The van der Waals surface area contributed by atoms with E-state index in [0.717, 1.165) is 22.4 Å². The van der Waals surface area contributed by atoms with Crippen LogP contribution in [0.2, 0.25) is 0 Å². The maximum atomic E-state index is 12.0. The van der Waals surface area contributed by atoms with E-state index in [1.807, 2.05) is 31.2 Å². The lowest BCUT2D eigenvalue weighted by Gasteiger charge is -2.08. The van der Waals surface area contributed by atoms with Gasteiger partial charge in [-0.15, -0.1) is 0 Å². The van der Waals surface area contributed by atoms with Crippen LogP contribution in [-0.4, -0.2) is 33.8 Å². The molecule has 1 amide bonds. The highest BCUT2D eigenvalue weighted by molar-refractivity contribution is 5.95. The number of carbonyl (C=O) groups excluding carboxylic acids is 1. The third-order valence-corrected chi connectivity index (χ3v) is 3.79. The average molecular weight is 337 g/mol. The molecule has 3 rings (SSSR count). The zero-order valence-electron chi connectivity index (χ0n) is 14.1. The highest BCUT2D eigenvalue weighted by Gasteiger charge is 2.17. The minimum absolute atomic E-state index is 0.219. The molecule has 6 nitrogen and oxygen atoms in total. The number of pyridine rings is 1. The second kappa shape index (κ2) is 7.27.